The third-order valence-corrected chi connectivity index (χ3v) is 6.73. The van der Waals surface area contributed by atoms with Crippen LogP contribution in [-0.2, 0) is 24.3 Å². The Hall–Kier alpha value is -4.78. The first-order valence-electron chi connectivity index (χ1n) is 12.8. The zero-order valence-electron chi connectivity index (χ0n) is 21.9. The number of aryl methyl sites for hydroxylation is 2. The molecule has 0 bridgehead atoms. The number of carbonyl (C=O) groups excluding carboxylic acids is 2. The molecule has 0 saturated heterocycles. The highest BCUT2D eigenvalue weighted by Gasteiger charge is 2.17. The molecule has 7 heteroatoms. The van der Waals surface area contributed by atoms with Crippen molar-refractivity contribution in [3.63, 3.8) is 0 Å². The fraction of sp³-hybridized carbons (Fsp3) is 0.156. The van der Waals surface area contributed by atoms with Gasteiger partial charge in [-0.3, -0.25) is 14.6 Å². The van der Waals surface area contributed by atoms with Gasteiger partial charge in [-0.1, -0.05) is 35.9 Å². The van der Waals surface area contributed by atoms with E-state index in [2.05, 4.69) is 47.7 Å². The molecule has 0 atom stereocenters. The number of rotatable bonds is 8. The van der Waals surface area contributed by atoms with E-state index in [1.54, 1.807) is 24.5 Å². The smallest absolute Gasteiger partial charge is 0.268 e. The number of benzene rings is 3. The average Bonchev–Trinajstić information content (AvgIpc) is 3.28. The quantitative estimate of drug-likeness (QED) is 0.265. The van der Waals surface area contributed by atoms with Crippen LogP contribution in [0.2, 0.25) is 0 Å². The van der Waals surface area contributed by atoms with E-state index in [9.17, 15) is 14.0 Å². The highest BCUT2D eigenvalue weighted by Crippen LogP contribution is 2.26. The van der Waals surface area contributed by atoms with Crippen LogP contribution in [-0.4, -0.2) is 21.4 Å². The molecular formula is C32H29FN4O2. The van der Waals surface area contributed by atoms with E-state index >= 15 is 0 Å². The Morgan fingerprint density at radius 2 is 1.64 bits per heavy atom. The Morgan fingerprint density at radius 3 is 2.41 bits per heavy atom. The fourth-order valence-electron chi connectivity index (χ4n) is 4.61. The number of halogens is 1. The first kappa shape index (κ1) is 25.9. The van der Waals surface area contributed by atoms with Crippen molar-refractivity contribution in [1.29, 1.82) is 0 Å². The van der Waals surface area contributed by atoms with Gasteiger partial charge in [0.2, 0.25) is 5.91 Å². The second kappa shape index (κ2) is 11.3. The normalized spacial score (nSPS) is 10.9. The number of nitrogens with zero attached hydrogens (tertiary/aromatic N) is 2. The molecule has 0 aliphatic rings. The Kier molecular flexibility index (Phi) is 7.50. The largest absolute Gasteiger partial charge is 0.347 e. The summed E-state index contributed by atoms with van der Waals surface area (Å²) in [7, 11) is 0. The fourth-order valence-corrected chi connectivity index (χ4v) is 4.61. The van der Waals surface area contributed by atoms with Crippen LogP contribution < -0.4 is 10.6 Å². The molecule has 0 aliphatic heterocycles. The first-order chi connectivity index (χ1) is 18.9. The molecule has 3 aromatic carbocycles. The number of hydrogen-bond donors (Lipinski definition) is 2. The second-order valence-corrected chi connectivity index (χ2v) is 9.71. The van der Waals surface area contributed by atoms with Crippen molar-refractivity contribution in [3.05, 3.63) is 131 Å². The molecule has 2 N–H and O–H groups in total. The van der Waals surface area contributed by atoms with Gasteiger partial charge in [0.1, 0.15) is 11.5 Å². The molecule has 0 radical (unpaired) electrons. The maximum absolute atomic E-state index is 13.4. The maximum Gasteiger partial charge on any atom is 0.268 e. The van der Waals surface area contributed by atoms with Crippen molar-refractivity contribution >= 4 is 28.4 Å². The van der Waals surface area contributed by atoms with Gasteiger partial charge in [0.25, 0.3) is 5.91 Å². The molecule has 0 fully saturated rings. The van der Waals surface area contributed by atoms with E-state index in [4.69, 9.17) is 0 Å². The minimum Gasteiger partial charge on any atom is -0.347 e. The van der Waals surface area contributed by atoms with Gasteiger partial charge in [-0.25, -0.2) is 4.39 Å². The lowest BCUT2D eigenvalue weighted by Crippen LogP contribution is -2.25. The zero-order chi connectivity index (χ0) is 27.4. The molecule has 5 aromatic rings. The van der Waals surface area contributed by atoms with Crippen LogP contribution in [0.5, 0.6) is 0 Å². The minimum atomic E-state index is -0.337. The van der Waals surface area contributed by atoms with Crippen molar-refractivity contribution < 1.29 is 14.0 Å². The van der Waals surface area contributed by atoms with Crippen molar-refractivity contribution in [3.8, 4) is 0 Å². The molecule has 0 unspecified atom stereocenters. The van der Waals surface area contributed by atoms with Crippen LogP contribution >= 0.6 is 0 Å². The molecule has 6 nitrogen and oxygen atoms in total. The topological polar surface area (TPSA) is 76.0 Å². The van der Waals surface area contributed by atoms with Crippen LogP contribution in [0.4, 0.5) is 10.1 Å². The Balaban J connectivity index is 1.43. The SMILES string of the molecule is Cc1ccc(C)c(Cn2c(C(=O)NCc3ccncc3)cc3cc(NC(=O)Cc4ccc(F)cc4)ccc32)c1. The van der Waals surface area contributed by atoms with Gasteiger partial charge in [-0.15, -0.1) is 0 Å². The Labute approximate surface area is 226 Å². The number of hydrogen-bond acceptors (Lipinski definition) is 3. The first-order valence-corrected chi connectivity index (χ1v) is 12.8. The number of aromatic nitrogens is 2. The molecule has 0 spiro atoms. The molecule has 2 heterocycles. The highest BCUT2D eigenvalue weighted by atomic mass is 19.1. The summed E-state index contributed by atoms with van der Waals surface area (Å²) in [6.45, 7) is 5.04. The highest BCUT2D eigenvalue weighted by molar-refractivity contribution is 6.01. The van der Waals surface area contributed by atoms with E-state index in [1.807, 2.05) is 41.0 Å². The van der Waals surface area contributed by atoms with Gasteiger partial charge in [0.15, 0.2) is 0 Å². The standard InChI is InChI=1S/C32H29FN4O2/c1-21-3-4-22(2)26(15-21)20-37-29-10-9-28(36-31(38)16-23-5-7-27(33)8-6-23)17-25(29)18-30(37)32(39)35-19-24-11-13-34-14-12-24/h3-15,17-18H,16,19-20H2,1-2H3,(H,35,39)(H,36,38). The number of pyridine rings is 1. The van der Waals surface area contributed by atoms with Crippen LogP contribution in [0.3, 0.4) is 0 Å². The van der Waals surface area contributed by atoms with Crippen LogP contribution in [0.1, 0.15) is 38.3 Å². The van der Waals surface area contributed by atoms with Crippen molar-refractivity contribution in [1.82, 2.24) is 14.9 Å². The molecule has 0 saturated carbocycles. The molecule has 196 valence electrons. The van der Waals surface area contributed by atoms with Crippen molar-refractivity contribution in [2.24, 2.45) is 0 Å². The molecule has 5 rings (SSSR count). The molecular weight excluding hydrogens is 491 g/mol. The van der Waals surface area contributed by atoms with Gasteiger partial charge >= 0.3 is 0 Å². The predicted octanol–water partition coefficient (Wildman–Crippen LogP) is 5.95. The van der Waals surface area contributed by atoms with Gasteiger partial charge in [-0.05, 0) is 84.6 Å². The van der Waals surface area contributed by atoms with E-state index in [-0.39, 0.29) is 24.1 Å². The number of nitrogens with one attached hydrogen (secondary N) is 2. The van der Waals surface area contributed by atoms with Gasteiger partial charge in [-0.2, -0.15) is 0 Å². The summed E-state index contributed by atoms with van der Waals surface area (Å²) in [5.41, 5.74) is 7.17. The number of amides is 2. The summed E-state index contributed by atoms with van der Waals surface area (Å²) < 4.78 is 15.2. The summed E-state index contributed by atoms with van der Waals surface area (Å²) >= 11 is 0. The van der Waals surface area contributed by atoms with Crippen LogP contribution in [0.25, 0.3) is 10.9 Å². The lowest BCUT2D eigenvalue weighted by Gasteiger charge is -2.14. The predicted molar refractivity (Wildman–Crippen MR) is 151 cm³/mol. The summed E-state index contributed by atoms with van der Waals surface area (Å²) in [5, 5.41) is 6.78. The number of anilines is 1. The monoisotopic (exact) mass is 520 g/mol. The zero-order valence-corrected chi connectivity index (χ0v) is 21.9. The van der Waals surface area contributed by atoms with E-state index in [1.165, 1.54) is 12.1 Å². The lowest BCUT2D eigenvalue weighted by molar-refractivity contribution is -0.115. The Morgan fingerprint density at radius 1 is 0.872 bits per heavy atom. The molecule has 39 heavy (non-hydrogen) atoms. The summed E-state index contributed by atoms with van der Waals surface area (Å²) in [6.07, 6.45) is 3.53. The van der Waals surface area contributed by atoms with Gasteiger partial charge < -0.3 is 15.2 Å². The average molecular weight is 521 g/mol. The van der Waals surface area contributed by atoms with E-state index < -0.39 is 0 Å². The summed E-state index contributed by atoms with van der Waals surface area (Å²) in [4.78, 5) is 30.1. The van der Waals surface area contributed by atoms with Crippen LogP contribution in [0.15, 0.2) is 91.3 Å². The Bertz CT molecular complexity index is 1640. The molecule has 2 aromatic heterocycles. The van der Waals surface area contributed by atoms with Gasteiger partial charge in [0, 0.05) is 42.1 Å². The third kappa shape index (κ3) is 6.21. The molecule has 0 aliphatic carbocycles. The number of fused-ring (bicyclic) bond motifs is 1. The second-order valence-electron chi connectivity index (χ2n) is 9.71. The summed E-state index contributed by atoms with van der Waals surface area (Å²) in [6, 6.07) is 23.4. The van der Waals surface area contributed by atoms with Crippen LogP contribution in [0, 0.1) is 19.7 Å². The van der Waals surface area contributed by atoms with E-state index in [0.29, 0.717) is 24.5 Å². The van der Waals surface area contributed by atoms with E-state index in [0.717, 1.165) is 38.7 Å². The third-order valence-electron chi connectivity index (χ3n) is 6.73. The molecule has 2 amide bonds. The number of carbonyl (C=O) groups is 2. The van der Waals surface area contributed by atoms with Gasteiger partial charge in [0.05, 0.1) is 6.42 Å². The maximum atomic E-state index is 13.4. The minimum absolute atomic E-state index is 0.134. The summed E-state index contributed by atoms with van der Waals surface area (Å²) in [5.74, 6) is -0.725. The van der Waals surface area contributed by atoms with Crippen molar-refractivity contribution in [2.45, 2.75) is 33.4 Å². The van der Waals surface area contributed by atoms with Crippen molar-refractivity contribution in [2.75, 3.05) is 5.32 Å². The lowest BCUT2D eigenvalue weighted by atomic mass is 10.1.